The minimum absolute atomic E-state index is 0. The van der Waals surface area contributed by atoms with Gasteiger partial charge in [0.25, 0.3) is 0 Å². The molecule has 25 heteroatoms. The number of epoxide rings is 2. The van der Waals surface area contributed by atoms with E-state index in [9.17, 15) is 58.2 Å². The molecule has 2 saturated carbocycles. The molecule has 0 bridgehead atoms. The highest BCUT2D eigenvalue weighted by Crippen LogP contribution is 2.44. The van der Waals surface area contributed by atoms with Gasteiger partial charge in [0, 0.05) is 20.2 Å². The second-order valence-corrected chi connectivity index (χ2v) is 48.3. The number of fused-ring (bicyclic) bond motifs is 4. The Morgan fingerprint density at radius 1 is 0.549 bits per heavy atom. The SMILES string of the molecule is C.C[Si](C)(CCC1CCC2OC2C1)O[Si](C)(C)CCC1CCC2OC2C1.Cc1c(OCC(O)C[N+](C)(C)C)cc2c(=O)c3ccccc3sc2c1C.Cc1ccc([I+]c2ccc(C(C)C)cc2)cc1.Cc1ccc([I+]c2ccc(C(C)C)cc2)cc1.[B]c1c(F)c(F)c(F)c(F)c1F.[B]c1cc(C(F)(F)F)cc(C(F)(F)F)c1. The van der Waals surface area contributed by atoms with Gasteiger partial charge in [0.1, 0.15) is 40.7 Å². The number of benzene rings is 8. The molecule has 7 atom stereocenters. The Morgan fingerprint density at radius 2 is 0.947 bits per heavy atom. The van der Waals surface area contributed by atoms with Gasteiger partial charge in [-0.2, -0.15) is 26.3 Å². The Hall–Kier alpha value is -5.50. The third kappa shape index (κ3) is 29.2. The van der Waals surface area contributed by atoms with Crippen molar-refractivity contribution in [3.05, 3.63) is 244 Å². The summed E-state index contributed by atoms with van der Waals surface area (Å²) in [5.74, 6) is -6.57. The Labute approximate surface area is 690 Å². The lowest BCUT2D eigenvalue weighted by Crippen LogP contribution is -3.61. The summed E-state index contributed by atoms with van der Waals surface area (Å²) in [5, 5.41) is 11.6. The fourth-order valence-corrected chi connectivity index (χ4v) is 28.0. The van der Waals surface area contributed by atoms with Crippen molar-refractivity contribution in [2.45, 2.75) is 207 Å². The van der Waals surface area contributed by atoms with Gasteiger partial charge in [-0.05, 0) is 229 Å². The Balaban J connectivity index is 0.000000191. The number of aryl methyl sites for hydroxylation is 3. The molecule has 8 aromatic carbocycles. The summed E-state index contributed by atoms with van der Waals surface area (Å²) >= 11 is 1.61. The fourth-order valence-electron chi connectivity index (χ4n) is 13.5. The van der Waals surface area contributed by atoms with Crippen molar-refractivity contribution in [1.29, 1.82) is 0 Å². The number of aliphatic hydroxyl groups is 1. The van der Waals surface area contributed by atoms with E-state index in [1.165, 1.54) is 100.0 Å². The first kappa shape index (κ1) is 94.7. The molecule has 0 amide bonds. The summed E-state index contributed by atoms with van der Waals surface area (Å²) in [6.45, 7) is 27.9. The summed E-state index contributed by atoms with van der Waals surface area (Å²) in [7, 11) is 12.6. The van der Waals surface area contributed by atoms with Crippen LogP contribution in [-0.4, -0.2) is 107 Å². The number of hydrogen-bond donors (Lipinski definition) is 1. The van der Waals surface area contributed by atoms with Gasteiger partial charge < -0.3 is 27.9 Å². The summed E-state index contributed by atoms with van der Waals surface area (Å²) in [4.78, 5) is 12.9. The summed E-state index contributed by atoms with van der Waals surface area (Å²) < 4.78 is 167. The zero-order valence-corrected chi connectivity index (χ0v) is 73.6. The third-order valence-electron chi connectivity index (χ3n) is 20.0. The molecule has 2 aliphatic carbocycles. The average Bonchev–Trinajstić information content (AvgIpc) is 1.75. The quantitative estimate of drug-likeness (QED) is 0.0127. The number of halogens is 13. The van der Waals surface area contributed by atoms with Gasteiger partial charge in [-0.25, -0.2) is 22.0 Å². The molecule has 113 heavy (non-hydrogen) atoms. The topological polar surface area (TPSA) is 80.8 Å². The van der Waals surface area contributed by atoms with Gasteiger partial charge in [-0.15, -0.1) is 11.3 Å². The summed E-state index contributed by atoms with van der Waals surface area (Å²) in [6, 6.07) is 49.3. The van der Waals surface area contributed by atoms with Crippen molar-refractivity contribution in [3.63, 3.8) is 0 Å². The van der Waals surface area contributed by atoms with Crippen LogP contribution in [0.2, 0.25) is 38.3 Å². The third-order valence-corrected chi connectivity index (χ3v) is 34.1. The first-order chi connectivity index (χ1) is 52.3. The van der Waals surface area contributed by atoms with E-state index < -0.39 is 86.2 Å². The predicted octanol–water partition coefficient (Wildman–Crippen LogP) is 15.6. The lowest BCUT2D eigenvalue weighted by atomic mass is 9.88. The molecular formula is C88H107B2F11I2NO6SSi2+3. The van der Waals surface area contributed by atoms with Crippen LogP contribution in [0.3, 0.4) is 0 Å². The smallest absolute Gasteiger partial charge is 0.416 e. The highest BCUT2D eigenvalue weighted by Gasteiger charge is 2.46. The minimum atomic E-state index is -4.84. The van der Waals surface area contributed by atoms with Crippen LogP contribution in [-0.2, 0) is 25.9 Å². The average molecular weight is 1850 g/mol. The number of alkyl halides is 6. The Kier molecular flexibility index (Phi) is 34.6. The van der Waals surface area contributed by atoms with Crippen LogP contribution in [0.15, 0.2) is 150 Å². The molecule has 1 aromatic heterocycles. The van der Waals surface area contributed by atoms with E-state index in [1.807, 2.05) is 65.3 Å². The normalized spacial score (nSPS) is 18.1. The van der Waals surface area contributed by atoms with Gasteiger partial charge in [0.05, 0.1) is 56.7 Å². The van der Waals surface area contributed by atoms with Crippen LogP contribution in [0.25, 0.3) is 20.2 Å². The van der Waals surface area contributed by atoms with E-state index in [0.717, 1.165) is 37.7 Å². The molecule has 608 valence electrons. The standard InChI is InChI=1S/C21H26NO3S.C20H38O3Si2.2C16H18I.C8H3BF6.C6BF5.CH4/c1-13-14(2)21-17(20(24)16-8-6-7-9-19(16)26-21)10-18(13)25-12-15(23)11-22(3,4)5;1-24(2,11-9-15-5-7-17-19(13-15)21-17)23-25(3,4)12-10-16-6-8-18-20(14-16)22-18;2*1-12(2)14-6-10-16(11-7-14)17-15-8-4-13(3)5-9-15;9-6-2-4(7(10,11)12)1-5(3-6)8(13,14)15;7-1-2(8)4(10)6(12)5(11)3(1)9;/h6-10,15,23H,11-12H2,1-5H3;15-20H,5-14H2,1-4H3;2*4-12H,1-3H3;1-3H;;1H4/q+1;;2*+1;;;. The van der Waals surface area contributed by atoms with Crippen molar-refractivity contribution in [3.8, 4) is 5.75 Å². The lowest BCUT2D eigenvalue weighted by Gasteiger charge is -2.36. The maximum absolute atomic E-state index is 12.9. The molecule has 9 aromatic rings. The van der Waals surface area contributed by atoms with Gasteiger partial charge in [-0.3, -0.25) is 4.79 Å². The number of nitrogens with zero attached hydrogens (tertiary/aromatic N) is 1. The fraction of sp³-hybridized carbons (Fsp3) is 0.443. The minimum Gasteiger partial charge on any atom is -0.490 e. The van der Waals surface area contributed by atoms with E-state index in [4.69, 9.17) is 26.2 Å². The molecule has 4 fully saturated rings. The van der Waals surface area contributed by atoms with Crippen molar-refractivity contribution in [2.24, 2.45) is 11.8 Å². The number of hydrogen-bond acceptors (Lipinski definition) is 7. The van der Waals surface area contributed by atoms with E-state index in [-0.39, 0.29) is 67.9 Å². The highest BCUT2D eigenvalue weighted by atomic mass is 127. The number of quaternary nitrogens is 1. The van der Waals surface area contributed by atoms with Gasteiger partial charge in [0.2, 0.25) is 0 Å². The van der Waals surface area contributed by atoms with Crippen molar-refractivity contribution < 1.29 is 119 Å². The van der Waals surface area contributed by atoms with Crippen LogP contribution in [0.1, 0.15) is 143 Å². The highest BCUT2D eigenvalue weighted by molar-refractivity contribution is 7.24. The number of ether oxygens (including phenoxy) is 3. The number of rotatable bonds is 19. The molecule has 4 aliphatic rings. The second-order valence-electron chi connectivity index (χ2n) is 32.4. The first-order valence-corrected chi connectivity index (χ1v) is 49.2. The van der Waals surface area contributed by atoms with Gasteiger partial charge >= 0.3 is 54.8 Å². The lowest BCUT2D eigenvalue weighted by molar-refractivity contribution is -0.873. The van der Waals surface area contributed by atoms with Crippen molar-refractivity contribution >= 4 is 74.8 Å². The number of likely N-dealkylation sites (N-methyl/N-ethyl adjacent to an activating group) is 1. The summed E-state index contributed by atoms with van der Waals surface area (Å²) in [5.41, 5.74) is 2.90. The zero-order valence-electron chi connectivity index (χ0n) is 66.4. The zero-order chi connectivity index (χ0) is 82.5. The molecule has 3 heterocycles. The monoisotopic (exact) mass is 1850 g/mol. The Morgan fingerprint density at radius 3 is 1.34 bits per heavy atom. The van der Waals surface area contributed by atoms with Crippen LogP contribution in [0.4, 0.5) is 48.3 Å². The van der Waals surface area contributed by atoms with Crippen LogP contribution < -0.4 is 63.5 Å². The molecule has 1 N–H and O–H groups in total. The van der Waals surface area contributed by atoms with E-state index in [2.05, 4.69) is 173 Å². The maximum Gasteiger partial charge on any atom is 0.416 e. The molecule has 2 aliphatic heterocycles. The number of aliphatic hydroxyl groups excluding tert-OH is 1. The molecular weight excluding hydrogens is 1740 g/mol. The van der Waals surface area contributed by atoms with Crippen LogP contribution in [0.5, 0.6) is 5.75 Å². The van der Waals surface area contributed by atoms with E-state index in [0.29, 0.717) is 70.5 Å². The molecule has 4 radical (unpaired) electrons. The molecule has 7 nitrogen and oxygen atoms in total. The van der Waals surface area contributed by atoms with E-state index >= 15 is 0 Å². The predicted molar refractivity (Wildman–Crippen MR) is 435 cm³/mol. The van der Waals surface area contributed by atoms with Crippen LogP contribution in [0, 0.1) is 82.9 Å². The van der Waals surface area contributed by atoms with Gasteiger partial charge in [0.15, 0.2) is 65.4 Å². The summed E-state index contributed by atoms with van der Waals surface area (Å²) in [6.07, 6.45) is 3.08. The van der Waals surface area contributed by atoms with Crippen molar-refractivity contribution in [2.75, 3.05) is 34.3 Å². The molecule has 7 unspecified atom stereocenters. The maximum atomic E-state index is 12.9. The van der Waals surface area contributed by atoms with Crippen molar-refractivity contribution in [1.82, 2.24) is 0 Å². The Bertz CT molecular complexity index is 4370. The van der Waals surface area contributed by atoms with E-state index in [1.54, 1.807) is 11.3 Å². The van der Waals surface area contributed by atoms with Crippen LogP contribution >= 0.6 is 11.3 Å². The van der Waals surface area contributed by atoms with Gasteiger partial charge in [-0.1, -0.05) is 137 Å². The second kappa shape index (κ2) is 41.3. The largest absolute Gasteiger partial charge is 0.490 e. The molecule has 0 spiro atoms. The molecule has 2 saturated heterocycles. The molecule has 13 rings (SSSR count). The first-order valence-electron chi connectivity index (χ1n) is 37.9.